The molecule has 27 heavy (non-hydrogen) atoms. The normalized spacial score (nSPS) is 10.9. The first kappa shape index (κ1) is 18.1. The van der Waals surface area contributed by atoms with Gasteiger partial charge in [-0.1, -0.05) is 60.7 Å². The number of esters is 1. The van der Waals surface area contributed by atoms with Gasteiger partial charge in [-0.2, -0.15) is 0 Å². The minimum Gasteiger partial charge on any atom is -0.465 e. The average molecular weight is 360 g/mol. The molecule has 0 fully saturated rings. The van der Waals surface area contributed by atoms with E-state index in [1.807, 2.05) is 0 Å². The first-order chi connectivity index (χ1) is 13.1. The molecule has 0 N–H and O–H groups in total. The molecule has 0 unspecified atom stereocenters. The summed E-state index contributed by atoms with van der Waals surface area (Å²) in [5, 5.41) is 0. The summed E-state index contributed by atoms with van der Waals surface area (Å²) in [6.07, 6.45) is 2.41. The average Bonchev–Trinajstić information content (AvgIpc) is 3.24. The van der Waals surface area contributed by atoms with Crippen LogP contribution in [-0.4, -0.2) is 23.6 Å². The molecule has 0 amide bonds. The summed E-state index contributed by atoms with van der Waals surface area (Å²) in [6.45, 7) is 0. The minimum absolute atomic E-state index is 0.287. The molecule has 1 aromatic heterocycles. The zero-order valence-corrected chi connectivity index (χ0v) is 14.3. The first-order valence-electron chi connectivity index (χ1n) is 8.26. The van der Waals surface area contributed by atoms with Gasteiger partial charge in [-0.25, -0.2) is 4.79 Å². The lowest BCUT2D eigenvalue weighted by molar-refractivity contribution is -0.139. The van der Waals surface area contributed by atoms with Crippen molar-refractivity contribution in [3.8, 4) is 0 Å². The Hall–Kier alpha value is -3.73. The SMILES string of the molecule is O=C(/C=C\c1ccco1)OC(C(=O)c1ccccc1)C(=O)c1ccccc1. The smallest absolute Gasteiger partial charge is 0.332 e. The Labute approximate surface area is 155 Å². The van der Waals surface area contributed by atoms with Crippen molar-refractivity contribution in [1.82, 2.24) is 0 Å². The van der Waals surface area contributed by atoms with Crippen LogP contribution in [0.1, 0.15) is 26.5 Å². The van der Waals surface area contributed by atoms with Crippen molar-refractivity contribution in [3.05, 3.63) is 102 Å². The predicted octanol–water partition coefficient (Wildman–Crippen LogP) is 3.97. The monoisotopic (exact) mass is 360 g/mol. The third-order valence-electron chi connectivity index (χ3n) is 3.75. The van der Waals surface area contributed by atoms with Crippen LogP contribution in [0.2, 0.25) is 0 Å². The highest BCUT2D eigenvalue weighted by molar-refractivity contribution is 6.19. The first-order valence-corrected chi connectivity index (χ1v) is 8.26. The largest absolute Gasteiger partial charge is 0.465 e. The molecule has 0 saturated carbocycles. The molecule has 0 aliphatic rings. The van der Waals surface area contributed by atoms with Crippen LogP contribution in [0.4, 0.5) is 0 Å². The molecule has 2 aromatic carbocycles. The second-order valence-corrected chi connectivity index (χ2v) is 5.63. The molecule has 0 saturated heterocycles. The van der Waals surface area contributed by atoms with E-state index in [1.54, 1.807) is 72.8 Å². The molecule has 0 radical (unpaired) electrons. The number of Topliss-reactive ketones (excluding diaryl/α,β-unsaturated/α-hetero) is 2. The maximum atomic E-state index is 12.8. The second kappa shape index (κ2) is 8.58. The fourth-order valence-corrected chi connectivity index (χ4v) is 2.43. The summed E-state index contributed by atoms with van der Waals surface area (Å²) in [4.78, 5) is 37.7. The van der Waals surface area contributed by atoms with Crippen molar-refractivity contribution in [1.29, 1.82) is 0 Å². The summed E-state index contributed by atoms with van der Waals surface area (Å²) < 4.78 is 10.3. The summed E-state index contributed by atoms with van der Waals surface area (Å²) in [6, 6.07) is 19.8. The van der Waals surface area contributed by atoms with Gasteiger partial charge in [0.25, 0.3) is 0 Å². The maximum absolute atomic E-state index is 12.8. The number of furan rings is 1. The van der Waals surface area contributed by atoms with Gasteiger partial charge in [-0.3, -0.25) is 9.59 Å². The number of ether oxygens (including phenoxy) is 1. The maximum Gasteiger partial charge on any atom is 0.332 e. The number of carbonyl (C=O) groups is 3. The lowest BCUT2D eigenvalue weighted by Crippen LogP contribution is -2.35. The number of hydrogen-bond donors (Lipinski definition) is 0. The van der Waals surface area contributed by atoms with E-state index >= 15 is 0 Å². The number of ketones is 2. The highest BCUT2D eigenvalue weighted by atomic mass is 16.5. The summed E-state index contributed by atoms with van der Waals surface area (Å²) in [7, 11) is 0. The summed E-state index contributed by atoms with van der Waals surface area (Å²) in [5.41, 5.74) is 0.573. The number of benzene rings is 2. The van der Waals surface area contributed by atoms with Crippen molar-refractivity contribution in [2.24, 2.45) is 0 Å². The summed E-state index contributed by atoms with van der Waals surface area (Å²) in [5.74, 6) is -1.52. The van der Waals surface area contributed by atoms with Crippen molar-refractivity contribution >= 4 is 23.6 Å². The van der Waals surface area contributed by atoms with Crippen LogP contribution < -0.4 is 0 Å². The van der Waals surface area contributed by atoms with E-state index in [1.165, 1.54) is 12.3 Å². The summed E-state index contributed by atoms with van der Waals surface area (Å²) >= 11 is 0. The van der Waals surface area contributed by atoms with Crippen LogP contribution in [0, 0.1) is 0 Å². The van der Waals surface area contributed by atoms with Gasteiger partial charge in [-0.15, -0.1) is 0 Å². The van der Waals surface area contributed by atoms with Gasteiger partial charge in [0.05, 0.1) is 6.26 Å². The zero-order chi connectivity index (χ0) is 19.1. The predicted molar refractivity (Wildman–Crippen MR) is 99.2 cm³/mol. The standard InChI is InChI=1S/C22H16O5/c23-19(14-13-18-12-7-15-26-18)27-22(20(24)16-8-3-1-4-9-16)21(25)17-10-5-2-6-11-17/h1-15,22H/b14-13-. The Morgan fingerprint density at radius 3 is 1.81 bits per heavy atom. The molecule has 0 atom stereocenters. The molecule has 3 aromatic rings. The highest BCUT2D eigenvalue weighted by Crippen LogP contribution is 2.14. The molecule has 134 valence electrons. The van der Waals surface area contributed by atoms with Gasteiger partial charge in [0.1, 0.15) is 5.76 Å². The van der Waals surface area contributed by atoms with Gasteiger partial charge in [0.2, 0.25) is 17.7 Å². The van der Waals surface area contributed by atoms with Crippen LogP contribution >= 0.6 is 0 Å². The number of hydrogen-bond acceptors (Lipinski definition) is 5. The van der Waals surface area contributed by atoms with Crippen molar-refractivity contribution < 1.29 is 23.5 Å². The van der Waals surface area contributed by atoms with E-state index in [-0.39, 0.29) is 11.1 Å². The van der Waals surface area contributed by atoms with Gasteiger partial charge in [-0.05, 0) is 18.2 Å². The van der Waals surface area contributed by atoms with E-state index in [0.717, 1.165) is 6.08 Å². The molecule has 5 nitrogen and oxygen atoms in total. The molecular weight excluding hydrogens is 344 g/mol. The molecular formula is C22H16O5. The molecule has 0 aliphatic heterocycles. The van der Waals surface area contributed by atoms with Gasteiger partial charge in [0, 0.05) is 17.2 Å². The van der Waals surface area contributed by atoms with Gasteiger partial charge < -0.3 is 9.15 Å². The van der Waals surface area contributed by atoms with Crippen LogP contribution in [0.25, 0.3) is 6.08 Å². The van der Waals surface area contributed by atoms with Gasteiger partial charge >= 0.3 is 5.97 Å². The Morgan fingerprint density at radius 2 is 1.33 bits per heavy atom. The molecule has 0 bridgehead atoms. The lowest BCUT2D eigenvalue weighted by atomic mass is 9.98. The molecule has 0 spiro atoms. The third-order valence-corrected chi connectivity index (χ3v) is 3.75. The minimum atomic E-state index is -1.57. The Bertz CT molecular complexity index is 889. The van der Waals surface area contributed by atoms with Crippen LogP contribution in [0.5, 0.6) is 0 Å². The Balaban J connectivity index is 1.84. The number of rotatable bonds is 7. The van der Waals surface area contributed by atoms with E-state index < -0.39 is 23.6 Å². The van der Waals surface area contributed by atoms with E-state index in [4.69, 9.17) is 9.15 Å². The van der Waals surface area contributed by atoms with Crippen molar-refractivity contribution in [2.45, 2.75) is 6.10 Å². The Kier molecular flexibility index (Phi) is 5.74. The molecule has 0 aliphatic carbocycles. The van der Waals surface area contributed by atoms with E-state index in [2.05, 4.69) is 0 Å². The van der Waals surface area contributed by atoms with Crippen molar-refractivity contribution in [3.63, 3.8) is 0 Å². The van der Waals surface area contributed by atoms with Crippen LogP contribution in [0.3, 0.4) is 0 Å². The zero-order valence-electron chi connectivity index (χ0n) is 14.3. The van der Waals surface area contributed by atoms with E-state index in [9.17, 15) is 14.4 Å². The van der Waals surface area contributed by atoms with Crippen LogP contribution in [0.15, 0.2) is 89.6 Å². The number of carbonyl (C=O) groups excluding carboxylic acids is 3. The molecule has 3 rings (SSSR count). The quantitative estimate of drug-likeness (QED) is 0.276. The fourth-order valence-electron chi connectivity index (χ4n) is 2.43. The van der Waals surface area contributed by atoms with Crippen LogP contribution in [-0.2, 0) is 9.53 Å². The second-order valence-electron chi connectivity index (χ2n) is 5.63. The highest BCUT2D eigenvalue weighted by Gasteiger charge is 2.31. The van der Waals surface area contributed by atoms with E-state index in [0.29, 0.717) is 5.76 Å². The topological polar surface area (TPSA) is 73.6 Å². The molecule has 1 heterocycles. The van der Waals surface area contributed by atoms with Gasteiger partial charge in [0.15, 0.2) is 0 Å². The lowest BCUT2D eigenvalue weighted by Gasteiger charge is -2.15. The Morgan fingerprint density at radius 1 is 0.778 bits per heavy atom. The molecule has 5 heteroatoms. The third kappa shape index (κ3) is 4.67. The fraction of sp³-hybridized carbons (Fsp3) is 0.0455. The van der Waals surface area contributed by atoms with Crippen molar-refractivity contribution in [2.75, 3.05) is 0 Å².